The summed E-state index contributed by atoms with van der Waals surface area (Å²) >= 11 is 0. The second kappa shape index (κ2) is 12.5. The number of hydrogen-bond donors (Lipinski definition) is 2. The van der Waals surface area contributed by atoms with Gasteiger partial charge in [0.25, 0.3) is 0 Å². The fraction of sp³-hybridized carbons (Fsp3) is 0.562. The number of carbonyl (C=O) groups is 1. The van der Waals surface area contributed by atoms with Crippen molar-refractivity contribution in [2.24, 2.45) is 0 Å². The van der Waals surface area contributed by atoms with Crippen LogP contribution in [0.25, 0.3) is 0 Å². The maximum Gasteiger partial charge on any atom is 0.220 e. The molecule has 5 heteroatoms. The van der Waals surface area contributed by atoms with E-state index in [9.17, 15) is 4.79 Å². The lowest BCUT2D eigenvalue weighted by molar-refractivity contribution is -0.121. The van der Waals surface area contributed by atoms with E-state index in [-0.39, 0.29) is 18.3 Å². The second-order valence-electron chi connectivity index (χ2n) is 4.82. The van der Waals surface area contributed by atoms with Gasteiger partial charge in [-0.1, -0.05) is 25.1 Å². The van der Waals surface area contributed by atoms with Crippen LogP contribution in [0.1, 0.15) is 31.7 Å². The Morgan fingerprint density at radius 3 is 2.67 bits per heavy atom. The Hall–Kier alpha value is -1.26. The average Bonchev–Trinajstić information content (AvgIpc) is 2.45. The van der Waals surface area contributed by atoms with Gasteiger partial charge in [-0.15, -0.1) is 12.4 Å². The first kappa shape index (κ1) is 19.7. The molecule has 0 spiro atoms. The van der Waals surface area contributed by atoms with Crippen LogP contribution in [0.3, 0.4) is 0 Å². The Morgan fingerprint density at radius 1 is 1.19 bits per heavy atom. The topological polar surface area (TPSA) is 50.4 Å². The van der Waals surface area contributed by atoms with Gasteiger partial charge in [0.1, 0.15) is 5.75 Å². The number of carbonyl (C=O) groups excluding carboxylic acids is 1. The monoisotopic (exact) mass is 314 g/mol. The highest BCUT2D eigenvalue weighted by Gasteiger charge is 2.01. The summed E-state index contributed by atoms with van der Waals surface area (Å²) in [5.41, 5.74) is 1.12. The van der Waals surface area contributed by atoms with Crippen LogP contribution in [-0.4, -0.2) is 32.1 Å². The number of aryl methyl sites for hydroxylation is 1. The van der Waals surface area contributed by atoms with E-state index in [2.05, 4.69) is 17.6 Å². The zero-order valence-corrected chi connectivity index (χ0v) is 13.8. The van der Waals surface area contributed by atoms with Crippen molar-refractivity contribution in [1.82, 2.24) is 10.6 Å². The third-order valence-corrected chi connectivity index (χ3v) is 2.95. The zero-order chi connectivity index (χ0) is 14.6. The van der Waals surface area contributed by atoms with Crippen molar-refractivity contribution in [1.29, 1.82) is 0 Å². The molecule has 1 rings (SSSR count). The van der Waals surface area contributed by atoms with E-state index in [0.717, 1.165) is 37.2 Å². The van der Waals surface area contributed by atoms with Crippen molar-refractivity contribution in [2.75, 3.05) is 26.2 Å². The normalized spacial score (nSPS) is 9.81. The van der Waals surface area contributed by atoms with Gasteiger partial charge in [0.05, 0.1) is 6.61 Å². The second-order valence-corrected chi connectivity index (χ2v) is 4.82. The molecular weight excluding hydrogens is 288 g/mol. The lowest BCUT2D eigenvalue weighted by atomic mass is 10.2. The highest BCUT2D eigenvalue weighted by molar-refractivity contribution is 5.85. The van der Waals surface area contributed by atoms with Gasteiger partial charge in [0, 0.05) is 19.5 Å². The number of para-hydroxylation sites is 1. The van der Waals surface area contributed by atoms with E-state index < -0.39 is 0 Å². The molecule has 0 unspecified atom stereocenters. The van der Waals surface area contributed by atoms with Gasteiger partial charge in [-0.3, -0.25) is 4.79 Å². The number of hydrogen-bond acceptors (Lipinski definition) is 3. The number of benzene rings is 1. The van der Waals surface area contributed by atoms with Gasteiger partial charge in [0.15, 0.2) is 0 Å². The molecule has 0 aliphatic heterocycles. The molecule has 0 atom stereocenters. The standard InChI is InChI=1S/C16H26N2O2.ClH/c1-3-10-17-11-12-18-16(19)9-6-13-20-15-8-5-4-7-14(15)2;/h4-5,7-8,17H,3,6,9-13H2,1-2H3,(H,18,19);1H. The Bertz CT molecular complexity index is 400. The van der Waals surface area contributed by atoms with Gasteiger partial charge >= 0.3 is 0 Å². The molecule has 21 heavy (non-hydrogen) atoms. The Labute approximate surface area is 134 Å². The maximum atomic E-state index is 11.6. The lowest BCUT2D eigenvalue weighted by Gasteiger charge is -2.09. The highest BCUT2D eigenvalue weighted by atomic mass is 35.5. The number of nitrogens with one attached hydrogen (secondary N) is 2. The summed E-state index contributed by atoms with van der Waals surface area (Å²) in [6, 6.07) is 7.92. The van der Waals surface area contributed by atoms with Crippen LogP contribution in [0.2, 0.25) is 0 Å². The summed E-state index contributed by atoms with van der Waals surface area (Å²) in [4.78, 5) is 11.6. The van der Waals surface area contributed by atoms with Gasteiger partial charge in [-0.05, 0) is 37.9 Å². The minimum absolute atomic E-state index is 0. The summed E-state index contributed by atoms with van der Waals surface area (Å²) in [6.07, 6.45) is 2.37. The summed E-state index contributed by atoms with van der Waals surface area (Å²) in [6.45, 7) is 7.24. The summed E-state index contributed by atoms with van der Waals surface area (Å²) in [7, 11) is 0. The van der Waals surface area contributed by atoms with Crippen LogP contribution in [0, 0.1) is 6.92 Å². The van der Waals surface area contributed by atoms with E-state index in [1.165, 1.54) is 0 Å². The van der Waals surface area contributed by atoms with Crippen LogP contribution < -0.4 is 15.4 Å². The summed E-state index contributed by atoms with van der Waals surface area (Å²) in [5, 5.41) is 6.14. The largest absolute Gasteiger partial charge is 0.493 e. The van der Waals surface area contributed by atoms with Crippen molar-refractivity contribution < 1.29 is 9.53 Å². The Morgan fingerprint density at radius 2 is 1.95 bits per heavy atom. The quantitative estimate of drug-likeness (QED) is 0.653. The van der Waals surface area contributed by atoms with Crippen molar-refractivity contribution in [3.8, 4) is 5.75 Å². The van der Waals surface area contributed by atoms with Crippen molar-refractivity contribution >= 4 is 18.3 Å². The number of halogens is 1. The molecule has 0 aliphatic rings. The molecule has 1 amide bonds. The van der Waals surface area contributed by atoms with Crippen LogP contribution in [0.5, 0.6) is 5.75 Å². The summed E-state index contributed by atoms with van der Waals surface area (Å²) in [5.74, 6) is 0.994. The maximum absolute atomic E-state index is 11.6. The van der Waals surface area contributed by atoms with Crippen molar-refractivity contribution in [2.45, 2.75) is 33.1 Å². The molecule has 4 nitrogen and oxygen atoms in total. The van der Waals surface area contributed by atoms with Crippen LogP contribution >= 0.6 is 12.4 Å². The SMILES string of the molecule is CCCNCCNC(=O)CCCOc1ccccc1C.Cl. The Kier molecular flexibility index (Phi) is 11.7. The number of rotatable bonds is 10. The van der Waals surface area contributed by atoms with E-state index in [0.29, 0.717) is 19.6 Å². The molecule has 0 aromatic heterocycles. The van der Waals surface area contributed by atoms with Gasteiger partial charge in [-0.25, -0.2) is 0 Å². The Balaban J connectivity index is 0.00000400. The third-order valence-electron chi connectivity index (χ3n) is 2.95. The molecule has 1 aromatic carbocycles. The number of ether oxygens (including phenoxy) is 1. The smallest absolute Gasteiger partial charge is 0.220 e. The number of amides is 1. The molecule has 0 aliphatic carbocycles. The fourth-order valence-electron chi connectivity index (χ4n) is 1.81. The molecule has 120 valence electrons. The van der Waals surface area contributed by atoms with E-state index >= 15 is 0 Å². The minimum Gasteiger partial charge on any atom is -0.493 e. The summed E-state index contributed by atoms with van der Waals surface area (Å²) < 4.78 is 5.65. The average molecular weight is 315 g/mol. The zero-order valence-electron chi connectivity index (χ0n) is 13.0. The molecule has 0 bridgehead atoms. The molecule has 0 saturated carbocycles. The molecular formula is C16H27ClN2O2. The van der Waals surface area contributed by atoms with Crippen LogP contribution in [0.4, 0.5) is 0 Å². The van der Waals surface area contributed by atoms with E-state index in [4.69, 9.17) is 4.74 Å². The first-order chi connectivity index (χ1) is 9.74. The predicted octanol–water partition coefficient (Wildman–Crippen LogP) is 2.69. The third kappa shape index (κ3) is 9.32. The van der Waals surface area contributed by atoms with E-state index in [1.807, 2.05) is 31.2 Å². The molecule has 0 heterocycles. The first-order valence-corrected chi connectivity index (χ1v) is 7.40. The molecule has 2 N–H and O–H groups in total. The van der Waals surface area contributed by atoms with Crippen LogP contribution in [-0.2, 0) is 4.79 Å². The molecule has 0 fully saturated rings. The van der Waals surface area contributed by atoms with E-state index in [1.54, 1.807) is 0 Å². The fourth-order valence-corrected chi connectivity index (χ4v) is 1.81. The highest BCUT2D eigenvalue weighted by Crippen LogP contribution is 2.16. The van der Waals surface area contributed by atoms with Gasteiger partial charge < -0.3 is 15.4 Å². The predicted molar refractivity (Wildman–Crippen MR) is 89.3 cm³/mol. The van der Waals surface area contributed by atoms with Gasteiger partial charge in [0.2, 0.25) is 5.91 Å². The van der Waals surface area contributed by atoms with Gasteiger partial charge in [-0.2, -0.15) is 0 Å². The first-order valence-electron chi connectivity index (χ1n) is 7.40. The molecule has 1 aromatic rings. The minimum atomic E-state index is 0. The van der Waals surface area contributed by atoms with Crippen LogP contribution in [0.15, 0.2) is 24.3 Å². The van der Waals surface area contributed by atoms with Crippen molar-refractivity contribution in [3.63, 3.8) is 0 Å². The lowest BCUT2D eigenvalue weighted by Crippen LogP contribution is -2.32. The molecule has 0 saturated heterocycles. The molecule has 0 radical (unpaired) electrons. The van der Waals surface area contributed by atoms with Crippen molar-refractivity contribution in [3.05, 3.63) is 29.8 Å².